The van der Waals surface area contributed by atoms with Crippen LogP contribution in [0.4, 0.5) is 45.4 Å². The Morgan fingerprint density at radius 3 is 2.16 bits per heavy atom. The summed E-state index contributed by atoms with van der Waals surface area (Å²) in [4.78, 5) is 27.5. The average molecular weight is 652 g/mol. The van der Waals surface area contributed by atoms with E-state index in [1.165, 1.54) is 0 Å². The summed E-state index contributed by atoms with van der Waals surface area (Å²) < 4.78 is 5.38. The van der Waals surface area contributed by atoms with Crippen molar-refractivity contribution in [1.29, 1.82) is 0 Å². The van der Waals surface area contributed by atoms with Gasteiger partial charge in [-0.05, 0) is 86.5 Å². The fourth-order valence-electron chi connectivity index (χ4n) is 4.35. The number of alkyl carbamates (subject to hydrolysis) is 1. The fourth-order valence-corrected chi connectivity index (χ4v) is 4.86. The van der Waals surface area contributed by atoms with Gasteiger partial charge in [-0.3, -0.25) is 0 Å². The molecular weight excluding hydrogens is 615 g/mol. The molecule has 0 fully saturated rings. The highest BCUT2D eigenvalue weighted by atomic mass is 35.5. The highest BCUT2D eigenvalue weighted by Gasteiger charge is 2.09. The number of ether oxygens (including phenoxy) is 1. The van der Waals surface area contributed by atoms with Gasteiger partial charge in [-0.2, -0.15) is 25.2 Å². The number of carbonyl (C=O) groups is 1. The van der Waals surface area contributed by atoms with Crippen molar-refractivity contribution in [3.8, 4) is 0 Å². The van der Waals surface area contributed by atoms with E-state index in [4.69, 9.17) is 27.9 Å². The molecule has 12 nitrogen and oxygen atoms in total. The lowest BCUT2D eigenvalue weighted by atomic mass is 10.1. The number of aromatic nitrogens is 3. The van der Waals surface area contributed by atoms with Crippen molar-refractivity contribution in [1.82, 2.24) is 20.3 Å². The van der Waals surface area contributed by atoms with Crippen molar-refractivity contribution in [2.24, 2.45) is 10.2 Å². The van der Waals surface area contributed by atoms with Crippen molar-refractivity contribution in [2.75, 3.05) is 60.7 Å². The molecule has 0 saturated carbocycles. The second-order valence-corrected chi connectivity index (χ2v) is 10.8. The SMILES string of the molecule is CCN(CCOC(=O)NCCNc1nc(NC)nc(Nc2cc(C)cc(C)c2)n1)c1ccc(N=Nc2cc(Cl)cc(Cl)c2)cc1. The highest BCUT2D eigenvalue weighted by Crippen LogP contribution is 2.27. The smallest absolute Gasteiger partial charge is 0.407 e. The number of amides is 1. The quantitative estimate of drug-likeness (QED) is 0.0799. The van der Waals surface area contributed by atoms with Crippen molar-refractivity contribution in [3.63, 3.8) is 0 Å². The zero-order valence-electron chi connectivity index (χ0n) is 25.6. The van der Waals surface area contributed by atoms with Crippen molar-refractivity contribution < 1.29 is 9.53 Å². The van der Waals surface area contributed by atoms with E-state index in [1.54, 1.807) is 25.2 Å². The number of hydrogen-bond donors (Lipinski definition) is 4. The van der Waals surface area contributed by atoms with Crippen LogP contribution in [0.2, 0.25) is 10.0 Å². The minimum atomic E-state index is -0.506. The summed E-state index contributed by atoms with van der Waals surface area (Å²) in [5.41, 5.74) is 5.38. The summed E-state index contributed by atoms with van der Waals surface area (Å²) in [6.45, 7) is 8.28. The number of azo groups is 1. The normalized spacial score (nSPS) is 10.9. The van der Waals surface area contributed by atoms with E-state index in [2.05, 4.69) is 57.4 Å². The molecule has 0 radical (unpaired) electrons. The molecular formula is C31H36Cl2N10O2. The second-order valence-electron chi connectivity index (χ2n) is 9.97. The van der Waals surface area contributed by atoms with E-state index >= 15 is 0 Å². The third kappa shape index (κ3) is 10.8. The topological polar surface area (TPSA) is 141 Å². The molecule has 0 bridgehead atoms. The van der Waals surface area contributed by atoms with Gasteiger partial charge in [0.05, 0.1) is 17.9 Å². The van der Waals surface area contributed by atoms with Crippen LogP contribution in [0, 0.1) is 13.8 Å². The molecule has 0 spiro atoms. The van der Waals surface area contributed by atoms with Gasteiger partial charge in [-0.1, -0.05) is 29.3 Å². The first kappa shape index (κ1) is 33.2. The number of hydrogen-bond acceptors (Lipinski definition) is 11. The molecule has 4 aromatic rings. The predicted molar refractivity (Wildman–Crippen MR) is 181 cm³/mol. The van der Waals surface area contributed by atoms with Gasteiger partial charge in [0, 0.05) is 48.1 Å². The van der Waals surface area contributed by atoms with Gasteiger partial charge in [0.1, 0.15) is 6.61 Å². The Morgan fingerprint density at radius 1 is 0.844 bits per heavy atom. The van der Waals surface area contributed by atoms with Gasteiger partial charge < -0.3 is 30.9 Å². The molecule has 1 heterocycles. The molecule has 0 atom stereocenters. The molecule has 0 aliphatic heterocycles. The van der Waals surface area contributed by atoms with Gasteiger partial charge in [0.2, 0.25) is 17.8 Å². The molecule has 236 valence electrons. The Labute approximate surface area is 272 Å². The van der Waals surface area contributed by atoms with Crippen LogP contribution < -0.4 is 26.2 Å². The van der Waals surface area contributed by atoms with Crippen LogP contribution in [0.3, 0.4) is 0 Å². The Bertz CT molecular complexity index is 1580. The van der Waals surface area contributed by atoms with E-state index in [1.807, 2.05) is 57.2 Å². The lowest BCUT2D eigenvalue weighted by Gasteiger charge is -2.23. The summed E-state index contributed by atoms with van der Waals surface area (Å²) in [5, 5.41) is 21.5. The molecule has 1 amide bonds. The monoisotopic (exact) mass is 650 g/mol. The van der Waals surface area contributed by atoms with Crippen LogP contribution in [0.5, 0.6) is 0 Å². The number of carbonyl (C=O) groups excluding carboxylic acids is 1. The average Bonchev–Trinajstić information content (AvgIpc) is 3.00. The van der Waals surface area contributed by atoms with Crippen LogP contribution >= 0.6 is 23.2 Å². The minimum Gasteiger partial charge on any atom is -0.448 e. The van der Waals surface area contributed by atoms with Gasteiger partial charge in [-0.25, -0.2) is 4.79 Å². The van der Waals surface area contributed by atoms with E-state index in [0.29, 0.717) is 58.9 Å². The molecule has 4 N–H and O–H groups in total. The summed E-state index contributed by atoms with van der Waals surface area (Å²) in [6.07, 6.45) is -0.506. The van der Waals surface area contributed by atoms with Crippen molar-refractivity contribution >= 4 is 69.9 Å². The molecule has 0 saturated heterocycles. The first-order valence-corrected chi connectivity index (χ1v) is 15.1. The van der Waals surface area contributed by atoms with Crippen LogP contribution in [-0.2, 0) is 4.74 Å². The fraction of sp³-hybridized carbons (Fsp3) is 0.290. The molecule has 14 heteroatoms. The Hall–Kier alpha value is -4.68. The third-order valence-electron chi connectivity index (χ3n) is 6.33. The molecule has 0 aliphatic rings. The number of benzene rings is 3. The van der Waals surface area contributed by atoms with Crippen molar-refractivity contribution in [3.05, 3.63) is 81.8 Å². The predicted octanol–water partition coefficient (Wildman–Crippen LogP) is 7.66. The lowest BCUT2D eigenvalue weighted by Crippen LogP contribution is -2.33. The van der Waals surface area contributed by atoms with Gasteiger partial charge in [0.15, 0.2) is 0 Å². The number of aryl methyl sites for hydroxylation is 2. The highest BCUT2D eigenvalue weighted by molar-refractivity contribution is 6.35. The number of rotatable bonds is 14. The Kier molecular flexibility index (Phi) is 12.1. The van der Waals surface area contributed by atoms with Crippen LogP contribution in [-0.4, -0.2) is 60.9 Å². The first-order chi connectivity index (χ1) is 21.7. The zero-order valence-corrected chi connectivity index (χ0v) is 27.1. The lowest BCUT2D eigenvalue weighted by molar-refractivity contribution is 0.149. The minimum absolute atomic E-state index is 0.219. The molecule has 0 unspecified atom stereocenters. The second kappa shape index (κ2) is 16.4. The molecule has 0 aliphatic carbocycles. The maximum atomic E-state index is 12.3. The number of likely N-dealkylation sites (N-methyl/N-ethyl adjacent to an activating group) is 1. The maximum Gasteiger partial charge on any atom is 0.407 e. The summed E-state index contributed by atoms with van der Waals surface area (Å²) in [7, 11) is 1.74. The Balaban J connectivity index is 1.19. The zero-order chi connectivity index (χ0) is 32.2. The van der Waals surface area contributed by atoms with E-state index in [-0.39, 0.29) is 6.61 Å². The largest absolute Gasteiger partial charge is 0.448 e. The molecule has 45 heavy (non-hydrogen) atoms. The van der Waals surface area contributed by atoms with Crippen LogP contribution in [0.25, 0.3) is 0 Å². The van der Waals surface area contributed by atoms with E-state index in [0.717, 1.165) is 29.0 Å². The van der Waals surface area contributed by atoms with E-state index < -0.39 is 6.09 Å². The van der Waals surface area contributed by atoms with Crippen LogP contribution in [0.1, 0.15) is 18.1 Å². The number of anilines is 5. The maximum absolute atomic E-state index is 12.3. The van der Waals surface area contributed by atoms with Gasteiger partial charge >= 0.3 is 6.09 Å². The molecule has 1 aromatic heterocycles. The van der Waals surface area contributed by atoms with Gasteiger partial charge in [0.25, 0.3) is 0 Å². The number of halogens is 2. The van der Waals surface area contributed by atoms with E-state index in [9.17, 15) is 4.79 Å². The summed E-state index contributed by atoms with van der Waals surface area (Å²) in [6, 6.07) is 18.8. The third-order valence-corrected chi connectivity index (χ3v) is 6.77. The number of nitrogens with zero attached hydrogens (tertiary/aromatic N) is 6. The van der Waals surface area contributed by atoms with Crippen molar-refractivity contribution in [2.45, 2.75) is 20.8 Å². The van der Waals surface area contributed by atoms with Crippen LogP contribution in [0.15, 0.2) is 70.9 Å². The molecule has 3 aromatic carbocycles. The number of nitrogens with one attached hydrogen (secondary N) is 4. The standard InChI is InChI=1S/C31H36Cl2N10O2/c1-5-43(27-8-6-24(7-9-27)41-42-26-18-22(32)17-23(33)19-26)12-13-45-31(44)36-11-10-35-29-38-28(34-4)39-30(40-29)37-25-15-20(2)14-21(3)16-25/h6-9,14-19H,5,10-13H2,1-4H3,(H,36,44)(H3,34,35,37,38,39,40). The van der Waals surface area contributed by atoms with Gasteiger partial charge in [-0.15, -0.1) is 0 Å². The summed E-state index contributed by atoms with van der Waals surface area (Å²) >= 11 is 12.0. The Morgan fingerprint density at radius 2 is 1.49 bits per heavy atom. The summed E-state index contributed by atoms with van der Waals surface area (Å²) in [5.74, 6) is 1.18. The first-order valence-electron chi connectivity index (χ1n) is 14.4. The molecule has 4 rings (SSSR count).